The molecular weight excluding hydrogens is 260 g/mol. The standard InChI is InChI=1S/C14H28N2O4/c1-5-15(6-2)19-13(17)11-9-10-12-14(18)20-16(7-3)8-4/h5-12H2,1-4H3. The largest absolute Gasteiger partial charge is 0.368 e. The van der Waals surface area contributed by atoms with Crippen LogP contribution in [-0.2, 0) is 19.3 Å². The van der Waals surface area contributed by atoms with Crippen LogP contribution in [0.2, 0.25) is 0 Å². The van der Waals surface area contributed by atoms with Gasteiger partial charge >= 0.3 is 11.9 Å². The summed E-state index contributed by atoms with van der Waals surface area (Å²) in [5.41, 5.74) is 0. The van der Waals surface area contributed by atoms with Crippen molar-refractivity contribution in [1.29, 1.82) is 0 Å². The number of unbranched alkanes of at least 4 members (excludes halogenated alkanes) is 1. The highest BCUT2D eigenvalue weighted by Crippen LogP contribution is 2.05. The molecule has 0 amide bonds. The van der Waals surface area contributed by atoms with Gasteiger partial charge in [-0.2, -0.15) is 0 Å². The summed E-state index contributed by atoms with van der Waals surface area (Å²) in [6.45, 7) is 10.4. The monoisotopic (exact) mass is 288 g/mol. The molecule has 0 fully saturated rings. The minimum absolute atomic E-state index is 0.245. The molecule has 0 aliphatic rings. The Morgan fingerprint density at radius 1 is 0.700 bits per heavy atom. The smallest absolute Gasteiger partial charge is 0.325 e. The van der Waals surface area contributed by atoms with Gasteiger partial charge in [-0.05, 0) is 40.5 Å². The highest BCUT2D eigenvalue weighted by atomic mass is 16.7. The lowest BCUT2D eigenvalue weighted by atomic mass is 10.2. The number of carbonyl (C=O) groups is 2. The number of nitrogens with zero attached hydrogens (tertiary/aromatic N) is 2. The van der Waals surface area contributed by atoms with Gasteiger partial charge in [0.1, 0.15) is 0 Å². The van der Waals surface area contributed by atoms with Crippen LogP contribution < -0.4 is 0 Å². The van der Waals surface area contributed by atoms with Gasteiger partial charge in [0.25, 0.3) is 0 Å². The molecule has 0 aromatic heterocycles. The molecule has 0 rings (SSSR count). The van der Waals surface area contributed by atoms with Gasteiger partial charge in [0.05, 0.1) is 0 Å². The summed E-state index contributed by atoms with van der Waals surface area (Å²) in [5, 5.41) is 3.22. The van der Waals surface area contributed by atoms with Crippen LogP contribution in [0.25, 0.3) is 0 Å². The molecule has 0 N–H and O–H groups in total. The number of hydrogen-bond donors (Lipinski definition) is 0. The first-order chi connectivity index (χ1) is 9.57. The average Bonchev–Trinajstić information content (AvgIpc) is 2.46. The average molecular weight is 288 g/mol. The van der Waals surface area contributed by atoms with Crippen molar-refractivity contribution in [3.63, 3.8) is 0 Å². The fourth-order valence-corrected chi connectivity index (χ4v) is 1.62. The van der Waals surface area contributed by atoms with Crippen LogP contribution in [0, 0.1) is 0 Å². The lowest BCUT2D eigenvalue weighted by Crippen LogP contribution is -2.27. The molecule has 6 nitrogen and oxygen atoms in total. The van der Waals surface area contributed by atoms with Gasteiger partial charge in [0, 0.05) is 39.0 Å². The maximum atomic E-state index is 11.5. The van der Waals surface area contributed by atoms with Gasteiger partial charge in [0.2, 0.25) is 0 Å². The van der Waals surface area contributed by atoms with E-state index in [2.05, 4.69) is 0 Å². The Hall–Kier alpha value is -1.14. The summed E-state index contributed by atoms with van der Waals surface area (Å²) in [5.74, 6) is -0.489. The Morgan fingerprint density at radius 3 is 1.25 bits per heavy atom. The van der Waals surface area contributed by atoms with Crippen molar-refractivity contribution >= 4 is 11.9 Å². The lowest BCUT2D eigenvalue weighted by Gasteiger charge is -2.17. The number of hydroxylamine groups is 4. The van der Waals surface area contributed by atoms with E-state index in [9.17, 15) is 9.59 Å². The van der Waals surface area contributed by atoms with Crippen molar-refractivity contribution < 1.29 is 19.3 Å². The van der Waals surface area contributed by atoms with E-state index in [0.29, 0.717) is 51.9 Å². The van der Waals surface area contributed by atoms with Crippen molar-refractivity contribution in [2.45, 2.75) is 53.4 Å². The molecule has 0 atom stereocenters. The van der Waals surface area contributed by atoms with Gasteiger partial charge < -0.3 is 9.68 Å². The molecule has 0 aromatic rings. The third-order valence-electron chi connectivity index (χ3n) is 2.88. The Labute approximate surface area is 121 Å². The van der Waals surface area contributed by atoms with Crippen LogP contribution >= 0.6 is 0 Å². The topological polar surface area (TPSA) is 59.1 Å². The minimum atomic E-state index is -0.245. The first-order valence-electron chi connectivity index (χ1n) is 7.48. The van der Waals surface area contributed by atoms with Gasteiger partial charge in [-0.1, -0.05) is 0 Å². The zero-order chi connectivity index (χ0) is 15.4. The summed E-state index contributed by atoms with van der Waals surface area (Å²) < 4.78 is 0. The van der Waals surface area contributed by atoms with Gasteiger partial charge in [0.15, 0.2) is 0 Å². The summed E-state index contributed by atoms with van der Waals surface area (Å²) in [7, 11) is 0. The highest BCUT2D eigenvalue weighted by molar-refractivity contribution is 5.70. The summed E-state index contributed by atoms with van der Waals surface area (Å²) >= 11 is 0. The summed E-state index contributed by atoms with van der Waals surface area (Å²) in [6.07, 6.45) is 1.92. The molecule has 0 saturated carbocycles. The second kappa shape index (κ2) is 11.7. The fraction of sp³-hybridized carbons (Fsp3) is 0.857. The van der Waals surface area contributed by atoms with Gasteiger partial charge in [-0.25, -0.2) is 0 Å². The molecular formula is C14H28N2O4. The quantitative estimate of drug-likeness (QED) is 0.429. The lowest BCUT2D eigenvalue weighted by molar-refractivity contribution is -0.190. The molecule has 0 unspecified atom stereocenters. The van der Waals surface area contributed by atoms with E-state index in [1.807, 2.05) is 27.7 Å². The fourth-order valence-electron chi connectivity index (χ4n) is 1.62. The molecule has 20 heavy (non-hydrogen) atoms. The van der Waals surface area contributed by atoms with E-state index < -0.39 is 0 Å². The Kier molecular flexibility index (Phi) is 11.0. The zero-order valence-electron chi connectivity index (χ0n) is 13.2. The van der Waals surface area contributed by atoms with Crippen LogP contribution in [0.3, 0.4) is 0 Å². The Bertz CT molecular complexity index is 248. The first kappa shape index (κ1) is 18.9. The summed E-state index contributed by atoms with van der Waals surface area (Å²) in [6, 6.07) is 0. The first-order valence-corrected chi connectivity index (χ1v) is 7.48. The molecule has 0 radical (unpaired) electrons. The predicted octanol–water partition coefficient (Wildman–Crippen LogP) is 2.15. The zero-order valence-corrected chi connectivity index (χ0v) is 13.2. The molecule has 0 spiro atoms. The van der Waals surface area contributed by atoms with Crippen LogP contribution in [0.5, 0.6) is 0 Å². The van der Waals surface area contributed by atoms with E-state index >= 15 is 0 Å². The Morgan fingerprint density at radius 2 is 1.00 bits per heavy atom. The molecule has 0 heterocycles. The van der Waals surface area contributed by atoms with Crippen LogP contribution in [0.4, 0.5) is 0 Å². The maximum Gasteiger partial charge on any atom is 0.325 e. The highest BCUT2D eigenvalue weighted by Gasteiger charge is 2.11. The SMILES string of the molecule is CCN(CC)OC(=O)CCCCC(=O)ON(CC)CC. The predicted molar refractivity (Wildman–Crippen MR) is 76.5 cm³/mol. The number of rotatable bonds is 11. The van der Waals surface area contributed by atoms with E-state index in [1.54, 1.807) is 10.1 Å². The minimum Gasteiger partial charge on any atom is -0.368 e. The third-order valence-corrected chi connectivity index (χ3v) is 2.88. The molecule has 0 aromatic carbocycles. The molecule has 118 valence electrons. The van der Waals surface area contributed by atoms with E-state index in [0.717, 1.165) is 0 Å². The van der Waals surface area contributed by atoms with Crippen LogP contribution in [0.1, 0.15) is 53.4 Å². The normalized spacial score (nSPS) is 10.9. The number of carbonyl (C=O) groups excluding carboxylic acids is 2. The maximum absolute atomic E-state index is 11.5. The van der Waals surface area contributed by atoms with E-state index in [1.165, 1.54) is 0 Å². The van der Waals surface area contributed by atoms with Crippen molar-refractivity contribution in [3.05, 3.63) is 0 Å². The van der Waals surface area contributed by atoms with Gasteiger partial charge in [-0.15, -0.1) is 10.1 Å². The van der Waals surface area contributed by atoms with Crippen molar-refractivity contribution in [2.75, 3.05) is 26.2 Å². The van der Waals surface area contributed by atoms with E-state index in [4.69, 9.17) is 9.68 Å². The molecule has 6 heteroatoms. The van der Waals surface area contributed by atoms with Crippen LogP contribution in [0.15, 0.2) is 0 Å². The van der Waals surface area contributed by atoms with E-state index in [-0.39, 0.29) is 11.9 Å². The molecule has 0 aliphatic carbocycles. The van der Waals surface area contributed by atoms with Crippen molar-refractivity contribution in [1.82, 2.24) is 10.1 Å². The van der Waals surface area contributed by atoms with Crippen molar-refractivity contribution in [3.8, 4) is 0 Å². The van der Waals surface area contributed by atoms with Crippen molar-refractivity contribution in [2.24, 2.45) is 0 Å². The molecule has 0 bridgehead atoms. The number of hydrogen-bond acceptors (Lipinski definition) is 6. The third kappa shape index (κ3) is 8.87. The Balaban J connectivity index is 3.70. The second-order valence-corrected chi connectivity index (χ2v) is 4.36. The molecule has 0 saturated heterocycles. The van der Waals surface area contributed by atoms with Gasteiger partial charge in [-0.3, -0.25) is 9.59 Å². The van der Waals surface area contributed by atoms with Crippen LogP contribution in [-0.4, -0.2) is 48.2 Å². The molecule has 0 aliphatic heterocycles. The second-order valence-electron chi connectivity index (χ2n) is 4.36. The summed E-state index contributed by atoms with van der Waals surface area (Å²) in [4.78, 5) is 33.2.